The Morgan fingerprint density at radius 3 is 2.81 bits per heavy atom. The molecule has 0 saturated carbocycles. The van der Waals surface area contributed by atoms with Gasteiger partial charge in [-0.3, -0.25) is 0 Å². The van der Waals surface area contributed by atoms with Crippen LogP contribution in [0.5, 0.6) is 5.75 Å². The summed E-state index contributed by atoms with van der Waals surface area (Å²) in [4.78, 5) is 0. The molecule has 1 rings (SSSR count). The second kappa shape index (κ2) is 6.74. The number of aromatic hydroxyl groups is 1. The monoisotopic (exact) mass is 243 g/mol. The Morgan fingerprint density at radius 2 is 2.25 bits per heavy atom. The fraction of sp³-hybridized carbons (Fsp3) is 0.500. The summed E-state index contributed by atoms with van der Waals surface area (Å²) in [6.07, 6.45) is 1.01. The summed E-state index contributed by atoms with van der Waals surface area (Å²) in [6, 6.07) is 5.57. The van der Waals surface area contributed by atoms with Crippen LogP contribution < -0.4 is 5.32 Å². The van der Waals surface area contributed by atoms with Crippen molar-refractivity contribution in [1.82, 2.24) is 5.32 Å². The Hall–Kier alpha value is -0.770. The van der Waals surface area contributed by atoms with Crippen LogP contribution in [0.25, 0.3) is 0 Å². The molecule has 0 spiro atoms. The number of nitrogens with one attached hydrogen (secondary N) is 1. The standard InChI is InChI=1S/C12H18ClNO2/c1-3-10(8-16-2)14-7-9-4-5-12(15)11(13)6-9/h4-6,10,14-15H,3,7-8H2,1-2H3. The molecule has 1 aromatic rings. The first-order chi connectivity index (χ1) is 7.67. The number of hydrogen-bond donors (Lipinski definition) is 2. The Kier molecular flexibility index (Phi) is 5.60. The first-order valence-electron chi connectivity index (χ1n) is 5.37. The zero-order valence-electron chi connectivity index (χ0n) is 9.66. The highest BCUT2D eigenvalue weighted by molar-refractivity contribution is 6.32. The van der Waals surface area contributed by atoms with E-state index in [0.717, 1.165) is 18.5 Å². The summed E-state index contributed by atoms with van der Waals surface area (Å²) < 4.78 is 5.10. The van der Waals surface area contributed by atoms with E-state index in [1.807, 2.05) is 6.07 Å². The van der Waals surface area contributed by atoms with E-state index in [1.165, 1.54) is 0 Å². The Bertz CT molecular complexity index is 331. The van der Waals surface area contributed by atoms with Crippen LogP contribution >= 0.6 is 11.6 Å². The highest BCUT2D eigenvalue weighted by Gasteiger charge is 2.05. The summed E-state index contributed by atoms with van der Waals surface area (Å²) in [5, 5.41) is 13.0. The number of phenols is 1. The average Bonchev–Trinajstić information content (AvgIpc) is 2.28. The van der Waals surface area contributed by atoms with Crippen molar-refractivity contribution < 1.29 is 9.84 Å². The minimum Gasteiger partial charge on any atom is -0.506 e. The predicted molar refractivity (Wildman–Crippen MR) is 65.9 cm³/mol. The molecular formula is C12H18ClNO2. The fourth-order valence-electron chi connectivity index (χ4n) is 1.44. The van der Waals surface area contributed by atoms with E-state index in [4.69, 9.17) is 16.3 Å². The molecule has 16 heavy (non-hydrogen) atoms. The molecule has 3 nitrogen and oxygen atoms in total. The molecular weight excluding hydrogens is 226 g/mol. The number of hydrogen-bond acceptors (Lipinski definition) is 3. The highest BCUT2D eigenvalue weighted by atomic mass is 35.5. The molecule has 0 aliphatic carbocycles. The maximum Gasteiger partial charge on any atom is 0.134 e. The van der Waals surface area contributed by atoms with Crippen molar-refractivity contribution >= 4 is 11.6 Å². The molecule has 90 valence electrons. The highest BCUT2D eigenvalue weighted by Crippen LogP contribution is 2.23. The van der Waals surface area contributed by atoms with Crippen molar-refractivity contribution in [2.24, 2.45) is 0 Å². The topological polar surface area (TPSA) is 41.5 Å². The lowest BCUT2D eigenvalue weighted by molar-refractivity contribution is 0.164. The molecule has 1 atom stereocenters. The van der Waals surface area contributed by atoms with E-state index in [9.17, 15) is 5.11 Å². The van der Waals surface area contributed by atoms with Gasteiger partial charge in [0.05, 0.1) is 11.6 Å². The maximum atomic E-state index is 9.28. The van der Waals surface area contributed by atoms with Gasteiger partial charge in [-0.05, 0) is 24.1 Å². The van der Waals surface area contributed by atoms with E-state index in [-0.39, 0.29) is 5.75 Å². The first kappa shape index (κ1) is 13.3. The summed E-state index contributed by atoms with van der Waals surface area (Å²) in [5.41, 5.74) is 1.05. The molecule has 0 aromatic heterocycles. The van der Waals surface area contributed by atoms with Gasteiger partial charge in [-0.15, -0.1) is 0 Å². The normalized spacial score (nSPS) is 12.7. The minimum atomic E-state index is 0.120. The molecule has 0 radical (unpaired) electrons. The fourth-order valence-corrected chi connectivity index (χ4v) is 1.65. The SMILES string of the molecule is CCC(COC)NCc1ccc(O)c(Cl)c1. The van der Waals surface area contributed by atoms with Crippen molar-refractivity contribution in [2.75, 3.05) is 13.7 Å². The lowest BCUT2D eigenvalue weighted by atomic mass is 10.2. The molecule has 0 fully saturated rings. The van der Waals surface area contributed by atoms with Crippen LogP contribution in [0, 0.1) is 0 Å². The third-order valence-electron chi connectivity index (χ3n) is 2.47. The Balaban J connectivity index is 2.50. The molecule has 0 aliphatic heterocycles. The number of ether oxygens (including phenoxy) is 1. The van der Waals surface area contributed by atoms with Gasteiger partial charge in [0.1, 0.15) is 5.75 Å². The molecule has 0 bridgehead atoms. The molecule has 0 saturated heterocycles. The van der Waals surface area contributed by atoms with Crippen molar-refractivity contribution in [3.63, 3.8) is 0 Å². The lowest BCUT2D eigenvalue weighted by Gasteiger charge is -2.16. The Labute approximate surface area is 101 Å². The number of rotatable bonds is 6. The van der Waals surface area contributed by atoms with Crippen LogP contribution in [0.2, 0.25) is 5.02 Å². The van der Waals surface area contributed by atoms with Crippen molar-refractivity contribution in [3.05, 3.63) is 28.8 Å². The van der Waals surface area contributed by atoms with Gasteiger partial charge >= 0.3 is 0 Å². The molecule has 2 N–H and O–H groups in total. The minimum absolute atomic E-state index is 0.120. The van der Waals surface area contributed by atoms with Crippen molar-refractivity contribution in [3.8, 4) is 5.75 Å². The summed E-state index contributed by atoms with van der Waals surface area (Å²) in [6.45, 7) is 3.53. The average molecular weight is 244 g/mol. The van der Waals surface area contributed by atoms with Crippen LogP contribution in [-0.2, 0) is 11.3 Å². The Morgan fingerprint density at radius 1 is 1.50 bits per heavy atom. The van der Waals surface area contributed by atoms with Crippen LogP contribution in [0.4, 0.5) is 0 Å². The third-order valence-corrected chi connectivity index (χ3v) is 2.77. The van der Waals surface area contributed by atoms with E-state index >= 15 is 0 Å². The van der Waals surface area contributed by atoms with E-state index in [2.05, 4.69) is 12.2 Å². The van der Waals surface area contributed by atoms with E-state index < -0.39 is 0 Å². The zero-order chi connectivity index (χ0) is 12.0. The van der Waals surface area contributed by atoms with Crippen molar-refractivity contribution in [2.45, 2.75) is 25.9 Å². The van der Waals surface area contributed by atoms with Gasteiger partial charge in [-0.2, -0.15) is 0 Å². The van der Waals surface area contributed by atoms with Gasteiger partial charge in [0, 0.05) is 19.7 Å². The maximum absolute atomic E-state index is 9.28. The number of methoxy groups -OCH3 is 1. The van der Waals surface area contributed by atoms with Gasteiger partial charge in [-0.25, -0.2) is 0 Å². The third kappa shape index (κ3) is 4.00. The largest absolute Gasteiger partial charge is 0.506 e. The number of benzene rings is 1. The van der Waals surface area contributed by atoms with Gasteiger partial charge < -0.3 is 15.2 Å². The van der Waals surface area contributed by atoms with Crippen LogP contribution in [-0.4, -0.2) is 24.9 Å². The summed E-state index contributed by atoms with van der Waals surface area (Å²) in [5.74, 6) is 0.120. The smallest absolute Gasteiger partial charge is 0.134 e. The summed E-state index contributed by atoms with van der Waals surface area (Å²) >= 11 is 5.82. The second-order valence-corrected chi connectivity index (χ2v) is 4.13. The summed E-state index contributed by atoms with van der Waals surface area (Å²) in [7, 11) is 1.70. The predicted octanol–water partition coefficient (Wildman–Crippen LogP) is 2.56. The first-order valence-corrected chi connectivity index (χ1v) is 5.74. The molecule has 1 aromatic carbocycles. The van der Waals surface area contributed by atoms with Crippen LogP contribution in [0.1, 0.15) is 18.9 Å². The second-order valence-electron chi connectivity index (χ2n) is 3.73. The van der Waals surface area contributed by atoms with Gasteiger partial charge in [0.2, 0.25) is 0 Å². The lowest BCUT2D eigenvalue weighted by Crippen LogP contribution is -2.31. The van der Waals surface area contributed by atoms with E-state index in [0.29, 0.717) is 17.7 Å². The van der Waals surface area contributed by atoms with Gasteiger partial charge in [-0.1, -0.05) is 24.6 Å². The zero-order valence-corrected chi connectivity index (χ0v) is 10.4. The van der Waals surface area contributed by atoms with Gasteiger partial charge in [0.25, 0.3) is 0 Å². The molecule has 0 heterocycles. The molecule has 4 heteroatoms. The molecule has 1 unspecified atom stereocenters. The van der Waals surface area contributed by atoms with Crippen LogP contribution in [0.3, 0.4) is 0 Å². The molecule has 0 aliphatic rings. The number of phenolic OH excluding ortho intramolecular Hbond substituents is 1. The van der Waals surface area contributed by atoms with Crippen LogP contribution in [0.15, 0.2) is 18.2 Å². The molecule has 0 amide bonds. The van der Waals surface area contributed by atoms with Gasteiger partial charge in [0.15, 0.2) is 0 Å². The quantitative estimate of drug-likeness (QED) is 0.807. The number of halogens is 1. The van der Waals surface area contributed by atoms with Crippen molar-refractivity contribution in [1.29, 1.82) is 0 Å². The van der Waals surface area contributed by atoms with E-state index in [1.54, 1.807) is 19.2 Å².